The van der Waals surface area contributed by atoms with Gasteiger partial charge in [-0.05, 0) is 24.5 Å². The van der Waals surface area contributed by atoms with Gasteiger partial charge in [0.2, 0.25) is 10.0 Å². The van der Waals surface area contributed by atoms with Gasteiger partial charge in [-0.15, -0.1) is 0 Å². The molecule has 0 aliphatic rings. The average Bonchev–Trinajstić information content (AvgIpc) is 2.45. The van der Waals surface area contributed by atoms with E-state index in [0.29, 0.717) is 12.3 Å². The predicted molar refractivity (Wildman–Crippen MR) is 91.5 cm³/mol. The van der Waals surface area contributed by atoms with Gasteiger partial charge in [0.1, 0.15) is 0 Å². The Bertz CT molecular complexity index is 712. The van der Waals surface area contributed by atoms with Gasteiger partial charge in [0, 0.05) is 6.42 Å². The Labute approximate surface area is 150 Å². The van der Waals surface area contributed by atoms with Crippen molar-refractivity contribution < 1.29 is 22.7 Å². The summed E-state index contributed by atoms with van der Waals surface area (Å²) in [6.07, 6.45) is 0.878. The fourth-order valence-electron chi connectivity index (χ4n) is 1.63. The van der Waals surface area contributed by atoms with Crippen LogP contribution >= 0.6 is 23.2 Å². The monoisotopic (exact) mass is 396 g/mol. The van der Waals surface area contributed by atoms with E-state index < -0.39 is 28.5 Å². The minimum Gasteiger partial charge on any atom is -0.456 e. The summed E-state index contributed by atoms with van der Waals surface area (Å²) in [6.45, 7) is 3.44. The molecule has 0 unspecified atom stereocenters. The van der Waals surface area contributed by atoms with E-state index in [4.69, 9.17) is 33.1 Å². The molecule has 0 fully saturated rings. The van der Waals surface area contributed by atoms with Crippen LogP contribution in [0.25, 0.3) is 0 Å². The number of carbonyl (C=O) groups excluding carboxylic acids is 2. The van der Waals surface area contributed by atoms with E-state index in [-0.39, 0.29) is 27.0 Å². The summed E-state index contributed by atoms with van der Waals surface area (Å²) in [5.74, 6) is -0.790. The summed E-state index contributed by atoms with van der Waals surface area (Å²) >= 11 is 11.8. The van der Waals surface area contributed by atoms with Gasteiger partial charge in [-0.1, -0.05) is 37.0 Å². The zero-order valence-corrected chi connectivity index (χ0v) is 15.5. The van der Waals surface area contributed by atoms with E-state index in [2.05, 4.69) is 5.32 Å². The molecule has 1 rings (SSSR count). The number of esters is 1. The largest absolute Gasteiger partial charge is 0.456 e. The Morgan fingerprint density at radius 1 is 1.25 bits per heavy atom. The summed E-state index contributed by atoms with van der Waals surface area (Å²) in [4.78, 5) is 23.0. The van der Waals surface area contributed by atoms with Gasteiger partial charge < -0.3 is 10.1 Å². The molecule has 1 aromatic carbocycles. The zero-order chi connectivity index (χ0) is 18.5. The van der Waals surface area contributed by atoms with Crippen molar-refractivity contribution in [3.8, 4) is 0 Å². The van der Waals surface area contributed by atoms with E-state index in [0.717, 1.165) is 12.1 Å². The minimum atomic E-state index is -3.98. The predicted octanol–water partition coefficient (Wildman–Crippen LogP) is 2.56. The Balaban J connectivity index is 2.70. The first-order valence-corrected chi connectivity index (χ1v) is 9.28. The van der Waals surface area contributed by atoms with Crippen LogP contribution in [0.1, 0.15) is 26.7 Å². The summed E-state index contributed by atoms with van der Waals surface area (Å²) in [6, 6.07) is 2.13. The Kier molecular flexibility index (Phi) is 7.47. The number of nitrogens with two attached hydrogens (primary N) is 1. The molecule has 1 aromatic rings. The van der Waals surface area contributed by atoms with E-state index in [9.17, 15) is 18.0 Å². The first-order chi connectivity index (χ1) is 11.0. The zero-order valence-electron chi connectivity index (χ0n) is 13.1. The van der Waals surface area contributed by atoms with Crippen LogP contribution in [0.3, 0.4) is 0 Å². The molecule has 0 heterocycles. The quantitative estimate of drug-likeness (QED) is 0.686. The average molecular weight is 397 g/mol. The molecule has 3 N–H and O–H groups in total. The molecular weight excluding hydrogens is 379 g/mol. The number of ether oxygens (including phenoxy) is 1. The second-order valence-corrected chi connectivity index (χ2v) is 7.82. The molecular formula is C14H18Cl2N2O5S. The van der Waals surface area contributed by atoms with Crippen molar-refractivity contribution in [2.24, 2.45) is 11.1 Å². The maximum absolute atomic E-state index is 11.8. The summed E-state index contributed by atoms with van der Waals surface area (Å²) in [5.41, 5.74) is 0.00830. The number of carbonyl (C=O) groups is 2. The Morgan fingerprint density at radius 2 is 1.79 bits per heavy atom. The SMILES string of the molecule is CC(C)CCC(=O)OCC(=O)Nc1c(Cl)cc(S(N)(=O)=O)cc1Cl. The molecule has 0 saturated heterocycles. The van der Waals surface area contributed by atoms with Crippen LogP contribution in [0.5, 0.6) is 0 Å². The highest BCUT2D eigenvalue weighted by atomic mass is 35.5. The number of anilines is 1. The Morgan fingerprint density at radius 3 is 2.25 bits per heavy atom. The second kappa shape index (κ2) is 8.66. The van der Waals surface area contributed by atoms with Crippen molar-refractivity contribution in [3.05, 3.63) is 22.2 Å². The smallest absolute Gasteiger partial charge is 0.306 e. The van der Waals surface area contributed by atoms with Crippen molar-refractivity contribution in [1.29, 1.82) is 0 Å². The lowest BCUT2D eigenvalue weighted by molar-refractivity contribution is -0.147. The first kappa shape index (κ1) is 20.7. The van der Waals surface area contributed by atoms with E-state index in [1.54, 1.807) is 0 Å². The van der Waals surface area contributed by atoms with E-state index in [1.807, 2.05) is 13.8 Å². The van der Waals surface area contributed by atoms with Crippen molar-refractivity contribution in [2.45, 2.75) is 31.6 Å². The number of halogens is 2. The fourth-order valence-corrected chi connectivity index (χ4v) is 2.91. The molecule has 0 saturated carbocycles. The molecule has 0 radical (unpaired) electrons. The molecule has 0 spiro atoms. The topological polar surface area (TPSA) is 116 Å². The highest BCUT2D eigenvalue weighted by Crippen LogP contribution is 2.33. The lowest BCUT2D eigenvalue weighted by atomic mass is 10.1. The molecule has 0 aromatic heterocycles. The van der Waals surface area contributed by atoms with Crippen molar-refractivity contribution in [3.63, 3.8) is 0 Å². The van der Waals surface area contributed by atoms with Crippen molar-refractivity contribution in [1.82, 2.24) is 0 Å². The van der Waals surface area contributed by atoms with Crippen molar-refractivity contribution >= 4 is 50.8 Å². The van der Waals surface area contributed by atoms with Crippen LogP contribution in [0, 0.1) is 5.92 Å². The van der Waals surface area contributed by atoms with Gasteiger partial charge in [-0.25, -0.2) is 13.6 Å². The van der Waals surface area contributed by atoms with Crippen LogP contribution < -0.4 is 10.5 Å². The van der Waals surface area contributed by atoms with Gasteiger partial charge in [0.05, 0.1) is 20.6 Å². The number of primary sulfonamides is 1. The molecule has 24 heavy (non-hydrogen) atoms. The van der Waals surface area contributed by atoms with E-state index in [1.165, 1.54) is 0 Å². The third kappa shape index (κ3) is 6.64. The maximum Gasteiger partial charge on any atom is 0.306 e. The summed E-state index contributed by atoms with van der Waals surface area (Å²) < 4.78 is 27.4. The number of sulfonamides is 1. The molecule has 7 nitrogen and oxygen atoms in total. The normalized spacial score (nSPS) is 11.4. The Hall–Kier alpha value is -1.35. The highest BCUT2D eigenvalue weighted by molar-refractivity contribution is 7.89. The molecule has 0 aliphatic heterocycles. The molecule has 0 aliphatic carbocycles. The molecule has 0 bridgehead atoms. The molecule has 1 amide bonds. The first-order valence-electron chi connectivity index (χ1n) is 6.98. The fraction of sp³-hybridized carbons (Fsp3) is 0.429. The van der Waals surface area contributed by atoms with Crippen LogP contribution in [0.2, 0.25) is 10.0 Å². The van der Waals surface area contributed by atoms with Crippen LogP contribution in [-0.4, -0.2) is 26.9 Å². The van der Waals surface area contributed by atoms with Gasteiger partial charge >= 0.3 is 5.97 Å². The lowest BCUT2D eigenvalue weighted by Gasteiger charge is -2.11. The number of amides is 1. The second-order valence-electron chi connectivity index (χ2n) is 5.45. The van der Waals surface area contributed by atoms with Gasteiger partial charge in [-0.2, -0.15) is 0 Å². The van der Waals surface area contributed by atoms with Crippen LogP contribution in [0.4, 0.5) is 5.69 Å². The highest BCUT2D eigenvalue weighted by Gasteiger charge is 2.17. The van der Waals surface area contributed by atoms with Gasteiger partial charge in [0.15, 0.2) is 6.61 Å². The molecule has 134 valence electrons. The van der Waals surface area contributed by atoms with Crippen LogP contribution in [0.15, 0.2) is 17.0 Å². The maximum atomic E-state index is 11.8. The summed E-state index contributed by atoms with van der Waals surface area (Å²) in [5, 5.41) is 7.14. The van der Waals surface area contributed by atoms with E-state index >= 15 is 0 Å². The number of hydrogen-bond donors (Lipinski definition) is 2. The molecule has 10 heteroatoms. The third-order valence-electron chi connectivity index (χ3n) is 2.90. The number of nitrogens with one attached hydrogen (secondary N) is 1. The van der Waals surface area contributed by atoms with Crippen molar-refractivity contribution in [2.75, 3.05) is 11.9 Å². The van der Waals surface area contributed by atoms with Crippen LogP contribution in [-0.2, 0) is 24.3 Å². The lowest BCUT2D eigenvalue weighted by Crippen LogP contribution is -2.21. The number of hydrogen-bond acceptors (Lipinski definition) is 5. The minimum absolute atomic E-state index is 0.00830. The van der Waals surface area contributed by atoms with Gasteiger partial charge in [-0.3, -0.25) is 9.59 Å². The third-order valence-corrected chi connectivity index (χ3v) is 4.39. The van der Waals surface area contributed by atoms with Gasteiger partial charge in [0.25, 0.3) is 5.91 Å². The standard InChI is InChI=1S/C14H18Cl2N2O5S/c1-8(2)3-4-13(20)23-7-12(19)18-14-10(15)5-9(6-11(14)16)24(17,21)22/h5-6,8H,3-4,7H2,1-2H3,(H,18,19)(H2,17,21,22). The molecule has 0 atom stereocenters. The number of rotatable bonds is 7. The summed E-state index contributed by atoms with van der Waals surface area (Å²) in [7, 11) is -3.98. The number of benzene rings is 1.